The van der Waals surface area contributed by atoms with Gasteiger partial charge >= 0.3 is 12.3 Å². The van der Waals surface area contributed by atoms with Crippen molar-refractivity contribution >= 4 is 0 Å². The van der Waals surface area contributed by atoms with E-state index < -0.39 is 19.0 Å². The predicted octanol–water partition coefficient (Wildman–Crippen LogP) is 3.36. The van der Waals surface area contributed by atoms with Crippen molar-refractivity contribution in [3.05, 3.63) is 35.4 Å². The fourth-order valence-electron chi connectivity index (χ4n) is 1.77. The Balaban J connectivity index is 1.85. The number of alkyl halides is 4. The fourth-order valence-corrected chi connectivity index (χ4v) is 1.77. The lowest BCUT2D eigenvalue weighted by molar-refractivity contribution is -0.168. The summed E-state index contributed by atoms with van der Waals surface area (Å²) in [6.45, 7) is -0.727. The summed E-state index contributed by atoms with van der Waals surface area (Å²) in [5, 5.41) is 3.31. The molecule has 0 heterocycles. The molecule has 1 aliphatic carbocycles. The lowest BCUT2D eigenvalue weighted by Crippen LogP contribution is -2.32. The second-order valence-electron chi connectivity index (χ2n) is 4.98. The highest BCUT2D eigenvalue weighted by atomic mass is 19.3. The maximum Gasteiger partial charge on any atom is 0.330 e. The molecule has 2 rings (SSSR count). The molecule has 1 saturated carbocycles. The van der Waals surface area contributed by atoms with Crippen LogP contribution in [0.25, 0.3) is 0 Å². The molecule has 0 atom stereocenters. The first-order valence-corrected chi connectivity index (χ1v) is 6.53. The monoisotopic (exact) mass is 291 g/mol. The van der Waals surface area contributed by atoms with Gasteiger partial charge in [-0.15, -0.1) is 0 Å². The molecule has 0 radical (unpaired) electrons. The van der Waals surface area contributed by atoms with Gasteiger partial charge in [0.1, 0.15) is 6.61 Å². The van der Waals surface area contributed by atoms with Crippen LogP contribution in [0.3, 0.4) is 0 Å². The maximum atomic E-state index is 12.7. The largest absolute Gasteiger partial charge is 0.370 e. The zero-order valence-electron chi connectivity index (χ0n) is 10.9. The second-order valence-corrected chi connectivity index (χ2v) is 4.98. The fraction of sp³-hybridized carbons (Fsp3) is 0.571. The van der Waals surface area contributed by atoms with Gasteiger partial charge in [-0.05, 0) is 24.0 Å². The van der Waals surface area contributed by atoms with Gasteiger partial charge in [0.2, 0.25) is 0 Å². The van der Waals surface area contributed by atoms with Gasteiger partial charge in [0.05, 0.1) is 6.61 Å². The number of rotatable bonds is 8. The van der Waals surface area contributed by atoms with Crippen molar-refractivity contribution in [3.8, 4) is 0 Å². The van der Waals surface area contributed by atoms with E-state index in [1.807, 2.05) is 12.1 Å². The predicted molar refractivity (Wildman–Crippen MR) is 66.9 cm³/mol. The van der Waals surface area contributed by atoms with E-state index in [1.165, 1.54) is 0 Å². The normalized spacial score (nSPS) is 15.8. The Morgan fingerprint density at radius 2 is 1.85 bits per heavy atom. The molecular weight excluding hydrogens is 274 g/mol. The highest BCUT2D eigenvalue weighted by molar-refractivity contribution is 5.26. The van der Waals surface area contributed by atoms with E-state index in [1.54, 1.807) is 12.1 Å². The summed E-state index contributed by atoms with van der Waals surface area (Å²) in [7, 11) is 0. The van der Waals surface area contributed by atoms with Crippen LogP contribution in [-0.2, 0) is 17.9 Å². The van der Waals surface area contributed by atoms with E-state index in [0.29, 0.717) is 12.6 Å². The molecule has 20 heavy (non-hydrogen) atoms. The molecule has 0 amide bonds. The molecule has 1 aliphatic rings. The van der Waals surface area contributed by atoms with Crippen LogP contribution < -0.4 is 5.32 Å². The molecule has 1 N–H and O–H groups in total. The molecule has 0 unspecified atom stereocenters. The molecule has 112 valence electrons. The lowest BCUT2D eigenvalue weighted by Gasteiger charge is -2.16. The summed E-state index contributed by atoms with van der Waals surface area (Å²) < 4.78 is 54.2. The summed E-state index contributed by atoms with van der Waals surface area (Å²) in [6.07, 6.45) is -1.40. The van der Waals surface area contributed by atoms with Gasteiger partial charge in [-0.3, -0.25) is 0 Å². The first-order chi connectivity index (χ1) is 9.49. The van der Waals surface area contributed by atoms with Crippen molar-refractivity contribution in [3.63, 3.8) is 0 Å². The summed E-state index contributed by atoms with van der Waals surface area (Å²) in [5.74, 6) is -4.10. The van der Waals surface area contributed by atoms with Crippen molar-refractivity contribution in [2.75, 3.05) is 6.61 Å². The van der Waals surface area contributed by atoms with Crippen molar-refractivity contribution in [2.45, 2.75) is 44.4 Å². The first-order valence-electron chi connectivity index (χ1n) is 6.53. The van der Waals surface area contributed by atoms with Crippen LogP contribution in [0.1, 0.15) is 24.0 Å². The summed E-state index contributed by atoms with van der Waals surface area (Å²) >= 11 is 0. The van der Waals surface area contributed by atoms with Gasteiger partial charge in [0.15, 0.2) is 0 Å². The van der Waals surface area contributed by atoms with Gasteiger partial charge in [0.25, 0.3) is 0 Å². The Labute approximate surface area is 115 Å². The summed E-state index contributed by atoms with van der Waals surface area (Å²) in [5.41, 5.74) is 1.69. The average molecular weight is 291 g/mol. The third kappa shape index (κ3) is 4.45. The Kier molecular flexibility index (Phi) is 4.99. The molecule has 6 heteroatoms. The highest BCUT2D eigenvalue weighted by Crippen LogP contribution is 2.24. The number of nitrogens with one attached hydrogen (secondary N) is 1. The molecule has 0 aromatic heterocycles. The Bertz CT molecular complexity index is 435. The van der Waals surface area contributed by atoms with E-state index in [2.05, 4.69) is 5.32 Å². The van der Waals surface area contributed by atoms with Gasteiger partial charge < -0.3 is 10.1 Å². The number of halogens is 4. The van der Waals surface area contributed by atoms with E-state index in [0.717, 1.165) is 24.0 Å². The van der Waals surface area contributed by atoms with Crippen LogP contribution in [0.15, 0.2) is 24.3 Å². The Hall–Kier alpha value is -1.14. The third-order valence-electron chi connectivity index (χ3n) is 3.15. The zero-order valence-corrected chi connectivity index (χ0v) is 10.9. The molecule has 1 aromatic carbocycles. The third-order valence-corrected chi connectivity index (χ3v) is 3.15. The van der Waals surface area contributed by atoms with Crippen LogP contribution in [0.5, 0.6) is 0 Å². The molecule has 0 spiro atoms. The molecule has 2 nitrogen and oxygen atoms in total. The minimum Gasteiger partial charge on any atom is -0.370 e. The van der Waals surface area contributed by atoms with Gasteiger partial charge in [-0.25, -0.2) is 8.78 Å². The lowest BCUT2D eigenvalue weighted by atomic mass is 10.1. The summed E-state index contributed by atoms with van der Waals surface area (Å²) in [6, 6.07) is 7.78. The van der Waals surface area contributed by atoms with Gasteiger partial charge in [-0.2, -0.15) is 8.78 Å². The van der Waals surface area contributed by atoms with Crippen molar-refractivity contribution in [2.24, 2.45) is 0 Å². The Morgan fingerprint density at radius 3 is 2.45 bits per heavy atom. The van der Waals surface area contributed by atoms with E-state index in [4.69, 9.17) is 4.74 Å². The first kappa shape index (κ1) is 15.3. The Morgan fingerprint density at radius 1 is 1.20 bits per heavy atom. The SMILES string of the molecule is FC(F)C(F)(F)COCc1ccccc1CNC1CC1. The number of hydrogen-bond acceptors (Lipinski definition) is 2. The smallest absolute Gasteiger partial charge is 0.330 e. The van der Waals surface area contributed by atoms with Gasteiger partial charge in [0, 0.05) is 12.6 Å². The standard InChI is InChI=1S/C14H17F4NO/c15-13(16)14(17,18)9-20-8-11-4-2-1-3-10(11)7-19-12-5-6-12/h1-4,12-13,19H,5-9H2. The molecule has 1 fully saturated rings. The van der Waals surface area contributed by atoms with Crippen LogP contribution in [-0.4, -0.2) is 25.0 Å². The van der Waals surface area contributed by atoms with Crippen LogP contribution >= 0.6 is 0 Å². The molecule has 0 saturated heterocycles. The number of benzene rings is 1. The van der Waals surface area contributed by atoms with Crippen molar-refractivity contribution in [1.82, 2.24) is 5.32 Å². The molecule has 0 aliphatic heterocycles. The van der Waals surface area contributed by atoms with Crippen LogP contribution in [0.4, 0.5) is 17.6 Å². The van der Waals surface area contributed by atoms with Crippen molar-refractivity contribution in [1.29, 1.82) is 0 Å². The van der Waals surface area contributed by atoms with Gasteiger partial charge in [-0.1, -0.05) is 24.3 Å². The number of hydrogen-bond donors (Lipinski definition) is 1. The van der Waals surface area contributed by atoms with E-state index >= 15 is 0 Å². The second kappa shape index (κ2) is 6.54. The average Bonchev–Trinajstić information content (AvgIpc) is 3.21. The van der Waals surface area contributed by atoms with Crippen molar-refractivity contribution < 1.29 is 22.3 Å². The highest BCUT2D eigenvalue weighted by Gasteiger charge is 2.40. The van der Waals surface area contributed by atoms with Crippen LogP contribution in [0, 0.1) is 0 Å². The molecule has 1 aromatic rings. The maximum absolute atomic E-state index is 12.7. The zero-order chi connectivity index (χ0) is 14.6. The minimum absolute atomic E-state index is 0.0924. The molecular formula is C14H17F4NO. The van der Waals surface area contributed by atoms with E-state index in [-0.39, 0.29) is 6.61 Å². The summed E-state index contributed by atoms with van der Waals surface area (Å²) in [4.78, 5) is 0. The van der Waals surface area contributed by atoms with E-state index in [9.17, 15) is 17.6 Å². The topological polar surface area (TPSA) is 21.3 Å². The minimum atomic E-state index is -4.10. The number of ether oxygens (including phenoxy) is 1. The molecule has 0 bridgehead atoms. The van der Waals surface area contributed by atoms with Crippen LogP contribution in [0.2, 0.25) is 0 Å². The quantitative estimate of drug-likeness (QED) is 0.742.